The van der Waals surface area contributed by atoms with E-state index in [0.29, 0.717) is 18.7 Å². The number of hydrogen-bond acceptors (Lipinski definition) is 4. The van der Waals surface area contributed by atoms with Gasteiger partial charge in [0.2, 0.25) is 10.0 Å². The summed E-state index contributed by atoms with van der Waals surface area (Å²) in [5.41, 5.74) is 0.556. The first-order valence-corrected chi connectivity index (χ1v) is 8.31. The molecular weight excluding hydrogens is 280 g/mol. The van der Waals surface area contributed by atoms with E-state index in [-0.39, 0.29) is 11.4 Å². The highest BCUT2D eigenvalue weighted by molar-refractivity contribution is 7.88. The zero-order chi connectivity index (χ0) is 14.6. The Bertz CT molecular complexity index is 561. The van der Waals surface area contributed by atoms with Gasteiger partial charge in [-0.15, -0.1) is 0 Å². The molecule has 0 bridgehead atoms. The minimum absolute atomic E-state index is 0.0269. The molecule has 0 amide bonds. The van der Waals surface area contributed by atoms with E-state index in [0.717, 1.165) is 25.7 Å². The lowest BCUT2D eigenvalue weighted by Crippen LogP contribution is -2.32. The highest BCUT2D eigenvalue weighted by atomic mass is 32.2. The predicted molar refractivity (Wildman–Crippen MR) is 75.8 cm³/mol. The number of rotatable bonds is 4. The Balaban J connectivity index is 2.08. The van der Waals surface area contributed by atoms with Gasteiger partial charge in [-0.25, -0.2) is 12.7 Å². The van der Waals surface area contributed by atoms with Gasteiger partial charge in [-0.2, -0.15) is 0 Å². The van der Waals surface area contributed by atoms with Crippen molar-refractivity contribution in [3.05, 3.63) is 39.9 Å². The van der Waals surface area contributed by atoms with Crippen LogP contribution in [0.1, 0.15) is 31.2 Å². The molecule has 0 saturated carbocycles. The number of benzene rings is 1. The van der Waals surface area contributed by atoms with Gasteiger partial charge in [-0.1, -0.05) is 25.0 Å². The normalized spacial score (nSPS) is 17.6. The molecule has 20 heavy (non-hydrogen) atoms. The van der Waals surface area contributed by atoms with Crippen LogP contribution in [0.5, 0.6) is 0 Å². The van der Waals surface area contributed by atoms with Crippen molar-refractivity contribution in [2.24, 2.45) is 0 Å². The second-order valence-electron chi connectivity index (χ2n) is 4.99. The molecule has 0 aromatic heterocycles. The van der Waals surface area contributed by atoms with Gasteiger partial charge < -0.3 is 0 Å². The van der Waals surface area contributed by atoms with Crippen LogP contribution in [0.25, 0.3) is 0 Å². The quantitative estimate of drug-likeness (QED) is 0.631. The molecule has 110 valence electrons. The zero-order valence-corrected chi connectivity index (χ0v) is 12.0. The Morgan fingerprint density at radius 3 is 2.10 bits per heavy atom. The van der Waals surface area contributed by atoms with E-state index in [9.17, 15) is 18.5 Å². The van der Waals surface area contributed by atoms with Crippen LogP contribution in [-0.4, -0.2) is 30.7 Å². The Kier molecular flexibility index (Phi) is 4.72. The van der Waals surface area contributed by atoms with Crippen molar-refractivity contribution in [3.63, 3.8) is 0 Å². The molecule has 0 radical (unpaired) electrons. The molecule has 2 rings (SSSR count). The summed E-state index contributed by atoms with van der Waals surface area (Å²) >= 11 is 0. The van der Waals surface area contributed by atoms with E-state index in [4.69, 9.17) is 0 Å². The lowest BCUT2D eigenvalue weighted by Gasteiger charge is -2.19. The van der Waals surface area contributed by atoms with E-state index in [1.54, 1.807) is 4.31 Å². The summed E-state index contributed by atoms with van der Waals surface area (Å²) in [7, 11) is -3.33. The molecular formula is C13H18N2O4S. The summed E-state index contributed by atoms with van der Waals surface area (Å²) in [6.07, 6.45) is 3.95. The van der Waals surface area contributed by atoms with Gasteiger partial charge in [0.05, 0.1) is 10.7 Å². The third kappa shape index (κ3) is 3.77. The van der Waals surface area contributed by atoms with Crippen LogP contribution >= 0.6 is 0 Å². The second kappa shape index (κ2) is 6.32. The van der Waals surface area contributed by atoms with Crippen molar-refractivity contribution in [2.45, 2.75) is 31.4 Å². The molecule has 0 atom stereocenters. The van der Waals surface area contributed by atoms with Gasteiger partial charge in [0.15, 0.2) is 0 Å². The number of hydrogen-bond donors (Lipinski definition) is 0. The maximum atomic E-state index is 12.3. The third-order valence-corrected chi connectivity index (χ3v) is 5.30. The average Bonchev–Trinajstić information content (AvgIpc) is 2.68. The topological polar surface area (TPSA) is 80.5 Å². The molecule has 0 unspecified atom stereocenters. The van der Waals surface area contributed by atoms with E-state index in [1.165, 1.54) is 24.3 Å². The molecule has 1 aliphatic heterocycles. The van der Waals surface area contributed by atoms with Crippen molar-refractivity contribution < 1.29 is 13.3 Å². The fourth-order valence-corrected chi connectivity index (χ4v) is 3.95. The molecule has 1 saturated heterocycles. The molecule has 0 N–H and O–H groups in total. The van der Waals surface area contributed by atoms with Crippen molar-refractivity contribution in [1.29, 1.82) is 0 Å². The van der Waals surface area contributed by atoms with Gasteiger partial charge in [0, 0.05) is 25.2 Å². The lowest BCUT2D eigenvalue weighted by atomic mass is 10.2. The summed E-state index contributed by atoms with van der Waals surface area (Å²) in [6, 6.07) is 5.70. The van der Waals surface area contributed by atoms with Crippen molar-refractivity contribution in [1.82, 2.24) is 4.31 Å². The first-order valence-electron chi connectivity index (χ1n) is 6.70. The molecule has 1 heterocycles. The van der Waals surface area contributed by atoms with E-state index < -0.39 is 14.9 Å². The van der Waals surface area contributed by atoms with Crippen LogP contribution in [0.2, 0.25) is 0 Å². The molecule has 1 aromatic carbocycles. The smallest absolute Gasteiger partial charge is 0.258 e. The van der Waals surface area contributed by atoms with Gasteiger partial charge >= 0.3 is 0 Å². The molecule has 1 aliphatic rings. The second-order valence-corrected chi connectivity index (χ2v) is 6.96. The highest BCUT2D eigenvalue weighted by Crippen LogP contribution is 2.18. The lowest BCUT2D eigenvalue weighted by molar-refractivity contribution is -0.384. The van der Waals surface area contributed by atoms with Gasteiger partial charge in [0.1, 0.15) is 0 Å². The van der Waals surface area contributed by atoms with Gasteiger partial charge in [-0.05, 0) is 18.4 Å². The van der Waals surface area contributed by atoms with Crippen molar-refractivity contribution in [3.8, 4) is 0 Å². The van der Waals surface area contributed by atoms with Crippen LogP contribution in [0.15, 0.2) is 24.3 Å². The largest absolute Gasteiger partial charge is 0.269 e. The SMILES string of the molecule is O=[N+]([O-])c1ccc(CS(=O)(=O)N2CCCCCC2)cc1. The number of nitro groups is 1. The van der Waals surface area contributed by atoms with Crippen LogP contribution in [0.3, 0.4) is 0 Å². The molecule has 1 fully saturated rings. The molecule has 1 aromatic rings. The minimum atomic E-state index is -3.33. The zero-order valence-electron chi connectivity index (χ0n) is 11.2. The number of nitrogens with zero attached hydrogens (tertiary/aromatic N) is 2. The standard InChI is InChI=1S/C13H18N2O4S/c16-15(17)13-7-5-12(6-8-13)11-20(18,19)14-9-3-1-2-4-10-14/h5-8H,1-4,9-11H2. The Hall–Kier alpha value is -1.47. The Morgan fingerprint density at radius 1 is 1.05 bits per heavy atom. The number of sulfonamides is 1. The van der Waals surface area contributed by atoms with E-state index >= 15 is 0 Å². The monoisotopic (exact) mass is 298 g/mol. The minimum Gasteiger partial charge on any atom is -0.258 e. The average molecular weight is 298 g/mol. The third-order valence-electron chi connectivity index (χ3n) is 3.45. The number of nitro benzene ring substituents is 1. The fraction of sp³-hybridized carbons (Fsp3) is 0.538. The first-order chi connectivity index (χ1) is 9.49. The Labute approximate surface area is 118 Å². The highest BCUT2D eigenvalue weighted by Gasteiger charge is 2.23. The molecule has 0 spiro atoms. The van der Waals surface area contributed by atoms with Crippen LogP contribution < -0.4 is 0 Å². The molecule has 6 nitrogen and oxygen atoms in total. The van der Waals surface area contributed by atoms with Crippen molar-refractivity contribution >= 4 is 15.7 Å². The molecule has 0 aliphatic carbocycles. The van der Waals surface area contributed by atoms with Gasteiger partial charge in [-0.3, -0.25) is 10.1 Å². The molecule has 7 heteroatoms. The van der Waals surface area contributed by atoms with Gasteiger partial charge in [0.25, 0.3) is 5.69 Å². The summed E-state index contributed by atoms with van der Waals surface area (Å²) < 4.78 is 26.2. The van der Waals surface area contributed by atoms with E-state index in [2.05, 4.69) is 0 Å². The Morgan fingerprint density at radius 2 is 1.60 bits per heavy atom. The first kappa shape index (κ1) is 14.9. The van der Waals surface area contributed by atoms with Crippen LogP contribution in [0.4, 0.5) is 5.69 Å². The van der Waals surface area contributed by atoms with Crippen LogP contribution in [-0.2, 0) is 15.8 Å². The fourth-order valence-electron chi connectivity index (χ4n) is 2.34. The predicted octanol–water partition coefficient (Wildman–Crippen LogP) is 2.30. The maximum absolute atomic E-state index is 12.3. The summed E-state index contributed by atoms with van der Waals surface area (Å²) in [5.74, 6) is -0.0923. The summed E-state index contributed by atoms with van der Waals surface area (Å²) in [4.78, 5) is 10.1. The van der Waals surface area contributed by atoms with Crippen molar-refractivity contribution in [2.75, 3.05) is 13.1 Å². The number of non-ortho nitro benzene ring substituents is 1. The summed E-state index contributed by atoms with van der Waals surface area (Å²) in [6.45, 7) is 1.16. The maximum Gasteiger partial charge on any atom is 0.269 e. The summed E-state index contributed by atoms with van der Waals surface area (Å²) in [5, 5.41) is 10.6. The van der Waals surface area contributed by atoms with E-state index in [1.807, 2.05) is 0 Å². The van der Waals surface area contributed by atoms with Crippen LogP contribution in [0, 0.1) is 10.1 Å².